The topological polar surface area (TPSA) is 47.6 Å². The first-order valence-electron chi connectivity index (χ1n) is 8.06. The van der Waals surface area contributed by atoms with Gasteiger partial charge < -0.3 is 14.8 Å². The van der Waals surface area contributed by atoms with E-state index in [0.717, 1.165) is 25.9 Å². The van der Waals surface area contributed by atoms with Gasteiger partial charge in [0.15, 0.2) is 0 Å². The summed E-state index contributed by atoms with van der Waals surface area (Å²) in [6.07, 6.45) is 0.0834. The van der Waals surface area contributed by atoms with Crippen LogP contribution in [0.4, 0.5) is 5.69 Å². The van der Waals surface area contributed by atoms with Crippen molar-refractivity contribution in [3.8, 4) is 5.75 Å². The van der Waals surface area contributed by atoms with Crippen molar-refractivity contribution in [2.45, 2.75) is 33.4 Å². The fourth-order valence-electron chi connectivity index (χ4n) is 2.25. The molecule has 2 rings (SSSR count). The lowest BCUT2D eigenvalue weighted by Crippen LogP contribution is -2.10. The molecule has 0 amide bonds. The number of hydrogen-bond acceptors (Lipinski definition) is 4. The quantitative estimate of drug-likeness (QED) is 0.520. The summed E-state index contributed by atoms with van der Waals surface area (Å²) in [5, 5.41) is 3.35. The molecule has 0 aromatic heterocycles. The van der Waals surface area contributed by atoms with Crippen LogP contribution in [0.15, 0.2) is 45.3 Å². The Bertz CT molecular complexity index is 730. The van der Waals surface area contributed by atoms with Gasteiger partial charge in [-0.05, 0) is 73.1 Å². The van der Waals surface area contributed by atoms with Crippen molar-refractivity contribution < 1.29 is 14.3 Å². The van der Waals surface area contributed by atoms with E-state index in [2.05, 4.69) is 37.2 Å². The van der Waals surface area contributed by atoms with Gasteiger partial charge in [-0.15, -0.1) is 0 Å². The van der Waals surface area contributed by atoms with Crippen LogP contribution in [-0.2, 0) is 11.3 Å². The molecule has 4 nitrogen and oxygen atoms in total. The second-order valence-electron chi connectivity index (χ2n) is 5.69. The Morgan fingerprint density at radius 1 is 1.16 bits per heavy atom. The lowest BCUT2D eigenvalue weighted by Gasteiger charge is -2.17. The van der Waals surface area contributed by atoms with Gasteiger partial charge in [-0.2, -0.15) is 0 Å². The summed E-state index contributed by atoms with van der Waals surface area (Å²) >= 11 is 7.07. The van der Waals surface area contributed by atoms with E-state index >= 15 is 0 Å². The molecule has 6 heteroatoms. The predicted molar refractivity (Wildman–Crippen MR) is 107 cm³/mol. The largest absolute Gasteiger partial charge is 0.489 e. The fourth-order valence-corrected chi connectivity index (χ4v) is 3.66. The lowest BCUT2D eigenvalue weighted by atomic mass is 10.1. The minimum Gasteiger partial charge on any atom is -0.489 e. The minimum atomic E-state index is -0.308. The highest BCUT2D eigenvalue weighted by atomic mass is 79.9. The molecule has 0 saturated carbocycles. The molecule has 2 aromatic rings. The molecule has 0 atom stereocenters. The SMILES string of the molecule is CCOC(=O)c1ccc(NCc2cc(Br)cc(Br)c2OC(C)C)cc1. The van der Waals surface area contributed by atoms with E-state index in [0.29, 0.717) is 18.7 Å². The zero-order valence-corrected chi connectivity index (χ0v) is 17.6. The van der Waals surface area contributed by atoms with Gasteiger partial charge in [0.25, 0.3) is 0 Å². The van der Waals surface area contributed by atoms with Crippen molar-refractivity contribution in [2.75, 3.05) is 11.9 Å². The molecule has 0 radical (unpaired) electrons. The number of esters is 1. The van der Waals surface area contributed by atoms with Crippen molar-refractivity contribution in [1.29, 1.82) is 0 Å². The summed E-state index contributed by atoms with van der Waals surface area (Å²) in [6, 6.07) is 11.2. The number of halogens is 2. The van der Waals surface area contributed by atoms with Crippen molar-refractivity contribution in [2.24, 2.45) is 0 Å². The van der Waals surface area contributed by atoms with Gasteiger partial charge in [0.05, 0.1) is 22.7 Å². The first-order chi connectivity index (χ1) is 11.9. The van der Waals surface area contributed by atoms with E-state index in [1.807, 2.05) is 38.1 Å². The number of rotatable bonds is 7. The third kappa shape index (κ3) is 5.75. The molecule has 0 spiro atoms. The molecule has 0 aliphatic carbocycles. The van der Waals surface area contributed by atoms with Crippen LogP contribution >= 0.6 is 31.9 Å². The van der Waals surface area contributed by atoms with Gasteiger partial charge in [-0.3, -0.25) is 0 Å². The van der Waals surface area contributed by atoms with Crippen LogP contribution in [0.5, 0.6) is 5.75 Å². The molecular formula is C19H21Br2NO3. The smallest absolute Gasteiger partial charge is 0.338 e. The van der Waals surface area contributed by atoms with E-state index in [9.17, 15) is 4.79 Å². The Hall–Kier alpha value is -1.53. The minimum absolute atomic E-state index is 0.0834. The molecule has 25 heavy (non-hydrogen) atoms. The third-order valence-corrected chi connectivity index (χ3v) is 4.36. The zero-order chi connectivity index (χ0) is 18.4. The molecule has 0 fully saturated rings. The Labute approximate surface area is 165 Å². The third-order valence-electron chi connectivity index (χ3n) is 3.32. The van der Waals surface area contributed by atoms with Gasteiger partial charge in [-0.25, -0.2) is 4.79 Å². The van der Waals surface area contributed by atoms with Crippen LogP contribution < -0.4 is 10.1 Å². The molecule has 1 N–H and O–H groups in total. The van der Waals surface area contributed by atoms with Crippen LogP contribution in [0.3, 0.4) is 0 Å². The van der Waals surface area contributed by atoms with Gasteiger partial charge >= 0.3 is 5.97 Å². The standard InChI is InChI=1S/C19H21Br2NO3/c1-4-24-19(23)13-5-7-16(8-6-13)22-11-14-9-15(20)10-17(21)18(14)25-12(2)3/h5-10,12,22H,4,11H2,1-3H3. The monoisotopic (exact) mass is 469 g/mol. The van der Waals surface area contributed by atoms with E-state index in [1.54, 1.807) is 19.1 Å². The van der Waals surface area contributed by atoms with E-state index in [-0.39, 0.29) is 12.1 Å². The maximum absolute atomic E-state index is 11.7. The number of anilines is 1. The Kier molecular flexibility index (Phi) is 7.32. The Morgan fingerprint density at radius 3 is 2.44 bits per heavy atom. The molecule has 134 valence electrons. The van der Waals surface area contributed by atoms with Crippen molar-refractivity contribution >= 4 is 43.5 Å². The van der Waals surface area contributed by atoms with Crippen LogP contribution in [0.1, 0.15) is 36.7 Å². The van der Waals surface area contributed by atoms with E-state index in [1.165, 1.54) is 0 Å². The Morgan fingerprint density at radius 2 is 1.84 bits per heavy atom. The molecule has 0 bridgehead atoms. The number of nitrogens with one attached hydrogen (secondary N) is 1. The number of carbonyl (C=O) groups is 1. The fraction of sp³-hybridized carbons (Fsp3) is 0.316. The first kappa shape index (κ1) is 19.8. The number of carbonyl (C=O) groups excluding carboxylic acids is 1. The van der Waals surface area contributed by atoms with Crippen LogP contribution in [-0.4, -0.2) is 18.7 Å². The van der Waals surface area contributed by atoms with Crippen molar-refractivity contribution in [3.05, 3.63) is 56.5 Å². The van der Waals surface area contributed by atoms with Gasteiger partial charge in [-0.1, -0.05) is 15.9 Å². The van der Waals surface area contributed by atoms with Crippen LogP contribution in [0.25, 0.3) is 0 Å². The van der Waals surface area contributed by atoms with Gasteiger partial charge in [0, 0.05) is 22.3 Å². The summed E-state index contributed by atoms with van der Waals surface area (Å²) in [4.78, 5) is 11.7. The molecule has 0 aliphatic heterocycles. The number of ether oxygens (including phenoxy) is 2. The number of benzene rings is 2. The zero-order valence-electron chi connectivity index (χ0n) is 14.4. The second-order valence-corrected chi connectivity index (χ2v) is 7.46. The highest BCUT2D eigenvalue weighted by Gasteiger charge is 2.12. The van der Waals surface area contributed by atoms with Crippen LogP contribution in [0, 0.1) is 0 Å². The van der Waals surface area contributed by atoms with E-state index in [4.69, 9.17) is 9.47 Å². The maximum atomic E-state index is 11.7. The van der Waals surface area contributed by atoms with Crippen molar-refractivity contribution in [3.63, 3.8) is 0 Å². The highest BCUT2D eigenvalue weighted by Crippen LogP contribution is 2.34. The van der Waals surface area contributed by atoms with E-state index < -0.39 is 0 Å². The summed E-state index contributed by atoms with van der Waals surface area (Å²) in [5.41, 5.74) is 2.49. The summed E-state index contributed by atoms with van der Waals surface area (Å²) in [5.74, 6) is 0.520. The molecule has 2 aromatic carbocycles. The molecule has 0 aliphatic rings. The average Bonchev–Trinajstić information content (AvgIpc) is 2.56. The summed E-state index contributed by atoms with van der Waals surface area (Å²) in [7, 11) is 0. The second kappa shape index (κ2) is 9.25. The lowest BCUT2D eigenvalue weighted by molar-refractivity contribution is 0.0526. The van der Waals surface area contributed by atoms with Gasteiger partial charge in [0.1, 0.15) is 5.75 Å². The molecule has 0 unspecified atom stereocenters. The maximum Gasteiger partial charge on any atom is 0.338 e. The van der Waals surface area contributed by atoms with Crippen molar-refractivity contribution in [1.82, 2.24) is 0 Å². The summed E-state index contributed by atoms with van der Waals surface area (Å²) in [6.45, 7) is 6.76. The molecule has 0 saturated heterocycles. The molecular weight excluding hydrogens is 450 g/mol. The number of hydrogen-bond donors (Lipinski definition) is 1. The van der Waals surface area contributed by atoms with Gasteiger partial charge in [0.2, 0.25) is 0 Å². The first-order valence-corrected chi connectivity index (χ1v) is 9.65. The highest BCUT2D eigenvalue weighted by molar-refractivity contribution is 9.11. The van der Waals surface area contributed by atoms with Crippen LogP contribution in [0.2, 0.25) is 0 Å². The predicted octanol–water partition coefficient (Wildman–Crippen LogP) is 5.79. The Balaban J connectivity index is 2.11. The molecule has 0 heterocycles. The average molecular weight is 471 g/mol. The normalized spacial score (nSPS) is 10.6. The summed E-state index contributed by atoms with van der Waals surface area (Å²) < 4.78 is 12.8.